The van der Waals surface area contributed by atoms with Crippen molar-refractivity contribution >= 4 is 23.4 Å². The molecule has 1 atom stereocenters. The minimum Gasteiger partial charge on any atom is -0.387 e. The van der Waals surface area contributed by atoms with Crippen LogP contribution in [0.15, 0.2) is 34.2 Å². The van der Waals surface area contributed by atoms with E-state index in [4.69, 9.17) is 11.6 Å². The highest BCUT2D eigenvalue weighted by Crippen LogP contribution is 2.27. The molecule has 0 aliphatic carbocycles. The fraction of sp³-hybridized carbons (Fsp3) is 0.385. The molecule has 0 saturated heterocycles. The Hall–Kier alpha value is -1.24. The summed E-state index contributed by atoms with van der Waals surface area (Å²) in [4.78, 5) is 11.5. The number of aliphatic hydroxyl groups excluding tert-OH is 1. The predicted octanol–water partition coefficient (Wildman–Crippen LogP) is 2.46. The molecule has 2 N–H and O–H groups in total. The molecule has 2 aromatic rings. The number of hydrogen-bond acceptors (Lipinski definition) is 4. The quantitative estimate of drug-likeness (QED) is 0.804. The van der Waals surface area contributed by atoms with Crippen LogP contribution in [0.5, 0.6) is 0 Å². The minimum absolute atomic E-state index is 0.221. The Labute approximate surface area is 126 Å². The summed E-state index contributed by atoms with van der Waals surface area (Å²) in [5.41, 5.74) is 0.461. The minimum atomic E-state index is -0.699. The number of rotatable bonds is 6. The molecule has 1 aromatic carbocycles. The maximum Gasteiger partial charge on any atom is 0.343 e. The Morgan fingerprint density at radius 2 is 2.25 bits per heavy atom. The van der Waals surface area contributed by atoms with Crippen LogP contribution >= 0.6 is 23.4 Å². The smallest absolute Gasteiger partial charge is 0.343 e. The lowest BCUT2D eigenvalue weighted by atomic mass is 10.1. The molecule has 5 nitrogen and oxygen atoms in total. The summed E-state index contributed by atoms with van der Waals surface area (Å²) in [6.07, 6.45) is 0.149. The van der Waals surface area contributed by atoms with E-state index in [1.807, 2.05) is 19.1 Å². The average Bonchev–Trinajstić information content (AvgIpc) is 2.78. The number of aromatic amines is 1. The normalized spacial score (nSPS) is 12.6. The molecule has 20 heavy (non-hydrogen) atoms. The standard InChI is InChI=1S/C13H16ClN3O2S/c1-2-7-17-12(19)15-16-13(17)20-8-11(18)9-5-3-4-6-10(9)14/h3-6,11,18H,2,7-8H2,1H3,(H,15,19). The first-order chi connectivity index (χ1) is 9.63. The van der Waals surface area contributed by atoms with Gasteiger partial charge in [-0.3, -0.25) is 4.57 Å². The summed E-state index contributed by atoms with van der Waals surface area (Å²) in [5, 5.41) is 17.7. The lowest BCUT2D eigenvalue weighted by Crippen LogP contribution is -2.17. The van der Waals surface area contributed by atoms with Crippen molar-refractivity contribution in [3.63, 3.8) is 0 Å². The van der Waals surface area contributed by atoms with Crippen molar-refractivity contribution in [2.24, 2.45) is 0 Å². The average molecular weight is 314 g/mol. The van der Waals surface area contributed by atoms with E-state index < -0.39 is 6.10 Å². The molecule has 7 heteroatoms. The number of thioether (sulfide) groups is 1. The first-order valence-electron chi connectivity index (χ1n) is 6.34. The van der Waals surface area contributed by atoms with Crippen LogP contribution in [0.4, 0.5) is 0 Å². The molecule has 108 valence electrons. The molecule has 1 heterocycles. The number of aliphatic hydroxyl groups is 1. The summed E-state index contributed by atoms with van der Waals surface area (Å²) in [6, 6.07) is 7.18. The highest BCUT2D eigenvalue weighted by atomic mass is 35.5. The van der Waals surface area contributed by atoms with E-state index in [1.165, 1.54) is 11.8 Å². The topological polar surface area (TPSA) is 70.9 Å². The first-order valence-corrected chi connectivity index (χ1v) is 7.70. The SMILES string of the molecule is CCCn1c(SCC(O)c2ccccc2Cl)n[nH]c1=O. The van der Waals surface area contributed by atoms with Crippen molar-refractivity contribution in [3.8, 4) is 0 Å². The Morgan fingerprint density at radius 1 is 1.50 bits per heavy atom. The first kappa shape index (κ1) is 15.2. The van der Waals surface area contributed by atoms with Crippen molar-refractivity contribution in [1.82, 2.24) is 14.8 Å². The molecule has 1 aromatic heterocycles. The molecule has 0 radical (unpaired) electrons. The zero-order valence-corrected chi connectivity index (χ0v) is 12.6. The fourth-order valence-electron chi connectivity index (χ4n) is 1.82. The lowest BCUT2D eigenvalue weighted by molar-refractivity contribution is 0.204. The van der Waals surface area contributed by atoms with Gasteiger partial charge in [0.05, 0.1) is 6.10 Å². The number of halogens is 1. The number of hydrogen-bond donors (Lipinski definition) is 2. The van der Waals surface area contributed by atoms with Crippen LogP contribution in [0.3, 0.4) is 0 Å². The maximum atomic E-state index is 11.5. The van der Waals surface area contributed by atoms with Gasteiger partial charge < -0.3 is 5.11 Å². The second-order valence-electron chi connectivity index (χ2n) is 4.31. The van der Waals surface area contributed by atoms with Crippen molar-refractivity contribution in [3.05, 3.63) is 45.3 Å². The van der Waals surface area contributed by atoms with Crippen molar-refractivity contribution in [2.45, 2.75) is 31.1 Å². The summed E-state index contributed by atoms with van der Waals surface area (Å²) >= 11 is 7.37. The molecule has 0 amide bonds. The van der Waals surface area contributed by atoms with Gasteiger partial charge in [0.2, 0.25) is 0 Å². The van der Waals surface area contributed by atoms with Gasteiger partial charge in [-0.1, -0.05) is 48.5 Å². The monoisotopic (exact) mass is 313 g/mol. The van der Waals surface area contributed by atoms with E-state index in [0.29, 0.717) is 28.0 Å². The molecular weight excluding hydrogens is 298 g/mol. The highest BCUT2D eigenvalue weighted by Gasteiger charge is 2.14. The number of nitrogens with zero attached hydrogens (tertiary/aromatic N) is 2. The van der Waals surface area contributed by atoms with Gasteiger partial charge in [0.25, 0.3) is 0 Å². The molecule has 0 fully saturated rings. The van der Waals surface area contributed by atoms with Crippen molar-refractivity contribution in [2.75, 3.05) is 5.75 Å². The molecule has 2 rings (SSSR count). The van der Waals surface area contributed by atoms with Crippen LogP contribution in [0, 0.1) is 0 Å². The Balaban J connectivity index is 2.06. The van der Waals surface area contributed by atoms with Gasteiger partial charge in [-0.15, -0.1) is 5.10 Å². The third-order valence-electron chi connectivity index (χ3n) is 2.80. The van der Waals surface area contributed by atoms with E-state index in [0.717, 1.165) is 6.42 Å². The molecule has 0 saturated carbocycles. The van der Waals surface area contributed by atoms with Crippen LogP contribution < -0.4 is 5.69 Å². The summed E-state index contributed by atoms with van der Waals surface area (Å²) in [6.45, 7) is 2.60. The Kier molecular flexibility index (Phi) is 5.28. The van der Waals surface area contributed by atoms with E-state index >= 15 is 0 Å². The number of benzene rings is 1. The molecular formula is C13H16ClN3O2S. The van der Waals surface area contributed by atoms with Gasteiger partial charge in [0.15, 0.2) is 5.16 Å². The summed E-state index contributed by atoms with van der Waals surface area (Å²) < 4.78 is 1.57. The second-order valence-corrected chi connectivity index (χ2v) is 5.71. The molecule has 0 aliphatic heterocycles. The number of nitrogens with one attached hydrogen (secondary N) is 1. The van der Waals surface area contributed by atoms with Crippen LogP contribution in [0.25, 0.3) is 0 Å². The third-order valence-corrected chi connectivity index (χ3v) is 4.20. The third kappa shape index (κ3) is 3.45. The lowest BCUT2D eigenvalue weighted by Gasteiger charge is -2.12. The van der Waals surface area contributed by atoms with E-state index in [2.05, 4.69) is 10.2 Å². The molecule has 0 aliphatic rings. The maximum absolute atomic E-state index is 11.5. The van der Waals surface area contributed by atoms with E-state index in [9.17, 15) is 9.90 Å². The highest BCUT2D eigenvalue weighted by molar-refractivity contribution is 7.99. The van der Waals surface area contributed by atoms with E-state index in [1.54, 1.807) is 16.7 Å². The van der Waals surface area contributed by atoms with Gasteiger partial charge >= 0.3 is 5.69 Å². The van der Waals surface area contributed by atoms with Gasteiger partial charge in [-0.05, 0) is 18.1 Å². The van der Waals surface area contributed by atoms with Gasteiger partial charge in [0.1, 0.15) is 0 Å². The molecule has 0 spiro atoms. The predicted molar refractivity (Wildman–Crippen MR) is 80.3 cm³/mol. The molecule has 0 bridgehead atoms. The Bertz CT molecular complexity index is 626. The number of H-pyrrole nitrogens is 1. The Morgan fingerprint density at radius 3 is 2.95 bits per heavy atom. The van der Waals surface area contributed by atoms with Crippen LogP contribution in [0.2, 0.25) is 5.02 Å². The van der Waals surface area contributed by atoms with Gasteiger partial charge in [-0.25, -0.2) is 9.89 Å². The molecule has 1 unspecified atom stereocenters. The van der Waals surface area contributed by atoms with Crippen molar-refractivity contribution < 1.29 is 5.11 Å². The van der Waals surface area contributed by atoms with Gasteiger partial charge in [0, 0.05) is 17.3 Å². The summed E-state index contributed by atoms with van der Waals surface area (Å²) in [5.74, 6) is 0.387. The van der Waals surface area contributed by atoms with E-state index in [-0.39, 0.29) is 5.69 Å². The second kappa shape index (κ2) is 6.97. The number of aromatic nitrogens is 3. The fourth-order valence-corrected chi connectivity index (χ4v) is 3.01. The van der Waals surface area contributed by atoms with Crippen molar-refractivity contribution in [1.29, 1.82) is 0 Å². The zero-order chi connectivity index (χ0) is 14.5. The van der Waals surface area contributed by atoms with Crippen LogP contribution in [-0.2, 0) is 6.54 Å². The zero-order valence-electron chi connectivity index (χ0n) is 11.0. The van der Waals surface area contributed by atoms with Gasteiger partial charge in [-0.2, -0.15) is 0 Å². The van der Waals surface area contributed by atoms with Crippen LogP contribution in [-0.4, -0.2) is 25.6 Å². The summed E-state index contributed by atoms with van der Waals surface area (Å²) in [7, 11) is 0. The largest absolute Gasteiger partial charge is 0.387 e. The van der Waals surface area contributed by atoms with Crippen LogP contribution in [0.1, 0.15) is 25.0 Å².